The van der Waals surface area contributed by atoms with Crippen LogP contribution >= 0.6 is 22.7 Å². The zero-order valence-corrected chi connectivity index (χ0v) is 11.6. The van der Waals surface area contributed by atoms with E-state index in [1.54, 1.807) is 11.3 Å². The Kier molecular flexibility index (Phi) is 3.54. The molecule has 17 heavy (non-hydrogen) atoms. The molecule has 6 heteroatoms. The van der Waals surface area contributed by atoms with Crippen LogP contribution in [-0.4, -0.2) is 23.3 Å². The summed E-state index contributed by atoms with van der Waals surface area (Å²) >= 11 is 3.06. The Bertz CT molecular complexity index is 533. The number of anilines is 1. The molecule has 0 unspecified atom stereocenters. The van der Waals surface area contributed by atoms with Gasteiger partial charge in [-0.25, -0.2) is 9.97 Å². The Labute approximate surface area is 108 Å². The summed E-state index contributed by atoms with van der Waals surface area (Å²) in [4.78, 5) is 22.3. The first kappa shape index (κ1) is 12.2. The van der Waals surface area contributed by atoms with Crippen molar-refractivity contribution in [1.29, 1.82) is 0 Å². The van der Waals surface area contributed by atoms with Gasteiger partial charge in [-0.1, -0.05) is 11.3 Å². The highest BCUT2D eigenvalue weighted by Gasteiger charge is 2.11. The summed E-state index contributed by atoms with van der Waals surface area (Å²) in [5.41, 5.74) is 1.83. The number of hydrogen-bond donors (Lipinski definition) is 0. The molecule has 0 saturated heterocycles. The maximum Gasteiger partial charge on any atom is 0.186 e. The number of carbonyl (C=O) groups excluding carboxylic acids is 1. The quantitative estimate of drug-likeness (QED) is 0.799. The van der Waals surface area contributed by atoms with Gasteiger partial charge in [0.05, 0.1) is 27.8 Å². The molecular weight excluding hydrogens is 254 g/mol. The number of carbonyl (C=O) groups is 1. The maximum atomic E-state index is 10.8. The molecule has 2 heterocycles. The number of nitrogens with zero attached hydrogens (tertiary/aromatic N) is 3. The molecule has 0 atom stereocenters. The molecule has 4 nitrogen and oxygen atoms in total. The minimum Gasteiger partial charge on any atom is -0.345 e. The van der Waals surface area contributed by atoms with Crippen molar-refractivity contribution < 1.29 is 4.79 Å². The third-order valence-electron chi connectivity index (χ3n) is 2.32. The van der Waals surface area contributed by atoms with Gasteiger partial charge in [-0.15, -0.1) is 11.3 Å². The molecule has 2 rings (SSSR count). The van der Waals surface area contributed by atoms with E-state index in [0.717, 1.165) is 34.4 Å². The Morgan fingerprint density at radius 2 is 2.18 bits per heavy atom. The van der Waals surface area contributed by atoms with Gasteiger partial charge in [0.25, 0.3) is 0 Å². The smallest absolute Gasteiger partial charge is 0.186 e. The van der Waals surface area contributed by atoms with Crippen LogP contribution < -0.4 is 4.90 Å². The summed E-state index contributed by atoms with van der Waals surface area (Å²) < 4.78 is 0. The zero-order valence-electron chi connectivity index (χ0n) is 9.93. The Hall–Kier alpha value is -1.27. The van der Waals surface area contributed by atoms with Gasteiger partial charge in [-0.05, 0) is 13.8 Å². The van der Waals surface area contributed by atoms with Gasteiger partial charge in [-0.3, -0.25) is 4.79 Å². The second-order valence-corrected chi connectivity index (χ2v) is 5.85. The summed E-state index contributed by atoms with van der Waals surface area (Å²) in [6, 6.07) is 0. The van der Waals surface area contributed by atoms with Crippen LogP contribution in [0, 0.1) is 13.8 Å². The molecule has 0 fully saturated rings. The van der Waals surface area contributed by atoms with Gasteiger partial charge >= 0.3 is 0 Å². The molecule has 0 spiro atoms. The monoisotopic (exact) mass is 267 g/mol. The average Bonchev–Trinajstić information content (AvgIpc) is 2.85. The molecule has 0 amide bonds. The molecule has 0 bridgehead atoms. The van der Waals surface area contributed by atoms with Crippen molar-refractivity contribution in [2.24, 2.45) is 0 Å². The largest absolute Gasteiger partial charge is 0.345 e. The molecule has 0 N–H and O–H groups in total. The standard InChI is InChI=1S/C11H13N3OS2/c1-7-10(5-15)17-11(12-7)14(3)4-9-6-16-8(2)13-9/h5-6H,4H2,1-3H3. The van der Waals surface area contributed by atoms with Crippen LogP contribution in [0.25, 0.3) is 0 Å². The number of aryl methyl sites for hydroxylation is 2. The molecule has 0 aliphatic carbocycles. The van der Waals surface area contributed by atoms with E-state index in [-0.39, 0.29) is 0 Å². The Balaban J connectivity index is 2.13. The normalized spacial score (nSPS) is 10.5. The lowest BCUT2D eigenvalue weighted by Crippen LogP contribution is -2.16. The van der Waals surface area contributed by atoms with Gasteiger partial charge in [0.15, 0.2) is 11.4 Å². The fourth-order valence-corrected chi connectivity index (χ4v) is 2.90. The van der Waals surface area contributed by atoms with Crippen LogP contribution in [-0.2, 0) is 6.54 Å². The average molecular weight is 267 g/mol. The Morgan fingerprint density at radius 1 is 1.41 bits per heavy atom. The minimum absolute atomic E-state index is 0.696. The lowest BCUT2D eigenvalue weighted by Gasteiger charge is -2.13. The van der Waals surface area contributed by atoms with Crippen LogP contribution in [0.2, 0.25) is 0 Å². The fraction of sp³-hybridized carbons (Fsp3) is 0.364. The summed E-state index contributed by atoms with van der Waals surface area (Å²) in [5, 5.41) is 3.97. The third kappa shape index (κ3) is 2.70. The van der Waals surface area contributed by atoms with Crippen molar-refractivity contribution >= 4 is 34.1 Å². The van der Waals surface area contributed by atoms with Gasteiger partial charge in [-0.2, -0.15) is 0 Å². The van der Waals surface area contributed by atoms with Crippen molar-refractivity contribution in [3.8, 4) is 0 Å². The van der Waals surface area contributed by atoms with E-state index in [1.807, 2.05) is 31.2 Å². The highest BCUT2D eigenvalue weighted by Crippen LogP contribution is 2.25. The molecule has 90 valence electrons. The summed E-state index contributed by atoms with van der Waals surface area (Å²) in [6.07, 6.45) is 0.858. The van der Waals surface area contributed by atoms with E-state index in [1.165, 1.54) is 11.3 Å². The predicted octanol–water partition coefficient (Wildman–Crippen LogP) is 2.67. The molecule has 2 aromatic heterocycles. The van der Waals surface area contributed by atoms with Crippen LogP contribution in [0.1, 0.15) is 26.1 Å². The first-order valence-corrected chi connectivity index (χ1v) is 6.84. The van der Waals surface area contributed by atoms with Crippen LogP contribution in [0.4, 0.5) is 5.13 Å². The number of hydrogen-bond acceptors (Lipinski definition) is 6. The van der Waals surface area contributed by atoms with Crippen molar-refractivity contribution in [3.63, 3.8) is 0 Å². The number of aldehydes is 1. The topological polar surface area (TPSA) is 46.1 Å². The predicted molar refractivity (Wildman–Crippen MR) is 71.2 cm³/mol. The summed E-state index contributed by atoms with van der Waals surface area (Å²) in [7, 11) is 1.96. The van der Waals surface area contributed by atoms with E-state index in [2.05, 4.69) is 9.97 Å². The van der Waals surface area contributed by atoms with Crippen molar-refractivity contribution in [1.82, 2.24) is 9.97 Å². The van der Waals surface area contributed by atoms with Gasteiger partial charge < -0.3 is 4.90 Å². The molecule has 0 aromatic carbocycles. The molecular formula is C11H13N3OS2. The number of rotatable bonds is 4. The second kappa shape index (κ2) is 4.93. The van der Waals surface area contributed by atoms with Crippen LogP contribution in [0.15, 0.2) is 5.38 Å². The summed E-state index contributed by atoms with van der Waals surface area (Å²) in [6.45, 7) is 4.56. The first-order chi connectivity index (χ1) is 8.10. The highest BCUT2D eigenvalue weighted by molar-refractivity contribution is 7.17. The lowest BCUT2D eigenvalue weighted by molar-refractivity contribution is 0.112. The maximum absolute atomic E-state index is 10.8. The van der Waals surface area contributed by atoms with Crippen LogP contribution in [0.5, 0.6) is 0 Å². The highest BCUT2D eigenvalue weighted by atomic mass is 32.1. The lowest BCUT2D eigenvalue weighted by atomic mass is 10.4. The van der Waals surface area contributed by atoms with E-state index >= 15 is 0 Å². The fourth-order valence-electron chi connectivity index (χ4n) is 1.46. The molecule has 0 aliphatic heterocycles. The zero-order chi connectivity index (χ0) is 12.4. The third-order valence-corrected chi connectivity index (χ3v) is 4.34. The van der Waals surface area contributed by atoms with Gasteiger partial charge in [0, 0.05) is 12.4 Å². The number of aromatic nitrogens is 2. The van der Waals surface area contributed by atoms with Crippen molar-refractivity contribution in [2.75, 3.05) is 11.9 Å². The van der Waals surface area contributed by atoms with Crippen molar-refractivity contribution in [2.45, 2.75) is 20.4 Å². The Morgan fingerprint density at radius 3 is 2.71 bits per heavy atom. The SMILES string of the molecule is Cc1nc(CN(C)c2nc(C)c(C=O)s2)cs1. The van der Waals surface area contributed by atoms with Crippen molar-refractivity contribution in [3.05, 3.63) is 26.7 Å². The minimum atomic E-state index is 0.696. The van der Waals surface area contributed by atoms with Gasteiger partial charge in [0.1, 0.15) is 0 Å². The molecule has 0 aliphatic rings. The van der Waals surface area contributed by atoms with Crippen LogP contribution in [0.3, 0.4) is 0 Å². The molecule has 2 aromatic rings. The van der Waals surface area contributed by atoms with E-state index < -0.39 is 0 Å². The first-order valence-electron chi connectivity index (χ1n) is 5.15. The van der Waals surface area contributed by atoms with Gasteiger partial charge in [0.2, 0.25) is 0 Å². The van der Waals surface area contributed by atoms with E-state index in [0.29, 0.717) is 4.88 Å². The number of thiazole rings is 2. The molecule has 0 radical (unpaired) electrons. The molecule has 0 saturated carbocycles. The summed E-state index contributed by atoms with van der Waals surface area (Å²) in [5.74, 6) is 0. The second-order valence-electron chi connectivity index (χ2n) is 3.78. The van der Waals surface area contributed by atoms with E-state index in [9.17, 15) is 4.79 Å². The van der Waals surface area contributed by atoms with E-state index in [4.69, 9.17) is 0 Å².